The number of hydrogen-bond acceptors (Lipinski definition) is 8. The number of para-hydroxylation sites is 2. The number of imidazole rings is 1. The predicted octanol–water partition coefficient (Wildman–Crippen LogP) is 5.91. The average Bonchev–Trinajstić information content (AvgIpc) is 3.65. The molecule has 2 fully saturated rings. The zero-order chi connectivity index (χ0) is 33.5. The van der Waals surface area contributed by atoms with Crippen LogP contribution < -0.4 is 19.1 Å². The van der Waals surface area contributed by atoms with Gasteiger partial charge in [0.25, 0.3) is 5.91 Å². The summed E-state index contributed by atoms with van der Waals surface area (Å²) in [5.41, 5.74) is 3.89. The van der Waals surface area contributed by atoms with Crippen LogP contribution in [0, 0.1) is 0 Å². The molecule has 0 spiro atoms. The van der Waals surface area contributed by atoms with Gasteiger partial charge in [0.2, 0.25) is 11.7 Å². The van der Waals surface area contributed by atoms with Gasteiger partial charge in [-0.2, -0.15) is 0 Å². The second kappa shape index (κ2) is 16.6. The van der Waals surface area contributed by atoms with Gasteiger partial charge in [-0.25, -0.2) is 4.98 Å². The summed E-state index contributed by atoms with van der Waals surface area (Å²) in [6.07, 6.45) is 2.96. The van der Waals surface area contributed by atoms with Crippen LogP contribution in [-0.4, -0.2) is 106 Å². The molecule has 2 aliphatic heterocycles. The van der Waals surface area contributed by atoms with Gasteiger partial charge < -0.3 is 38.2 Å². The Bertz CT molecular complexity index is 1660. The summed E-state index contributed by atoms with van der Waals surface area (Å²) in [5.74, 6) is 2.46. The van der Waals surface area contributed by atoms with Crippen molar-refractivity contribution in [1.82, 2.24) is 19.4 Å². The van der Waals surface area contributed by atoms with E-state index in [1.807, 2.05) is 11.8 Å². The Hall–Kier alpha value is -3.99. The molecule has 49 heavy (non-hydrogen) atoms. The zero-order valence-electron chi connectivity index (χ0n) is 29.2. The molecule has 0 saturated carbocycles. The van der Waals surface area contributed by atoms with Gasteiger partial charge in [0, 0.05) is 56.9 Å². The zero-order valence-corrected chi connectivity index (χ0v) is 30.0. The molecule has 11 heteroatoms. The number of likely N-dealkylation sites (tertiary alicyclic amines) is 1. The number of rotatable bonds is 13. The van der Waals surface area contributed by atoms with E-state index >= 15 is 0 Å². The molecule has 2 saturated heterocycles. The van der Waals surface area contributed by atoms with Gasteiger partial charge in [-0.3, -0.25) is 4.79 Å². The van der Waals surface area contributed by atoms with Crippen LogP contribution in [0.4, 0.5) is 5.95 Å². The van der Waals surface area contributed by atoms with Gasteiger partial charge >= 0.3 is 0 Å². The van der Waals surface area contributed by atoms with Crippen LogP contribution >= 0.6 is 12.4 Å². The second-order valence-electron chi connectivity index (χ2n) is 12.7. The fourth-order valence-electron chi connectivity index (χ4n) is 7.40. The number of anilines is 1. The highest BCUT2D eigenvalue weighted by molar-refractivity contribution is 5.96. The number of carbonyl (C=O) groups excluding carboxylic acids is 1. The number of methoxy groups -OCH3 is 3. The lowest BCUT2D eigenvalue weighted by atomic mass is 9.76. The van der Waals surface area contributed by atoms with Crippen molar-refractivity contribution in [2.24, 2.45) is 0 Å². The number of amides is 1. The molecule has 2 aliphatic rings. The van der Waals surface area contributed by atoms with Crippen LogP contribution in [0.5, 0.6) is 17.2 Å². The minimum Gasteiger partial charge on any atom is -0.493 e. The lowest BCUT2D eigenvalue weighted by Gasteiger charge is -2.33. The maximum atomic E-state index is 13.9. The summed E-state index contributed by atoms with van der Waals surface area (Å²) in [6, 6.07) is 22.6. The van der Waals surface area contributed by atoms with Crippen molar-refractivity contribution in [2.75, 3.05) is 85.3 Å². The molecule has 3 heterocycles. The number of benzene rings is 3. The Morgan fingerprint density at radius 2 is 1.59 bits per heavy atom. The molecule has 0 radical (unpaired) electrons. The monoisotopic (exact) mass is 691 g/mol. The van der Waals surface area contributed by atoms with Crippen molar-refractivity contribution in [2.45, 2.75) is 38.1 Å². The second-order valence-corrected chi connectivity index (χ2v) is 12.7. The quantitative estimate of drug-likeness (QED) is 0.160. The summed E-state index contributed by atoms with van der Waals surface area (Å²) < 4.78 is 24.6. The third-order valence-corrected chi connectivity index (χ3v) is 10.0. The van der Waals surface area contributed by atoms with Crippen LogP contribution in [0.3, 0.4) is 0 Å². The van der Waals surface area contributed by atoms with Crippen LogP contribution in [0.25, 0.3) is 11.0 Å². The molecule has 1 atom stereocenters. The van der Waals surface area contributed by atoms with Gasteiger partial charge in [0.1, 0.15) is 0 Å². The van der Waals surface area contributed by atoms with E-state index in [0.717, 1.165) is 75.5 Å². The van der Waals surface area contributed by atoms with Crippen molar-refractivity contribution >= 4 is 35.3 Å². The molecule has 10 nitrogen and oxygen atoms in total. The Labute approximate surface area is 296 Å². The minimum absolute atomic E-state index is 0. The average molecular weight is 692 g/mol. The predicted molar refractivity (Wildman–Crippen MR) is 196 cm³/mol. The maximum absolute atomic E-state index is 13.9. The van der Waals surface area contributed by atoms with Crippen molar-refractivity contribution < 1.29 is 23.7 Å². The normalized spacial score (nSPS) is 18.3. The largest absolute Gasteiger partial charge is 0.493 e. The highest BCUT2D eigenvalue weighted by Gasteiger charge is 2.42. The first-order valence-electron chi connectivity index (χ1n) is 17.2. The number of aromatic nitrogens is 2. The first-order chi connectivity index (χ1) is 23.5. The van der Waals surface area contributed by atoms with Crippen LogP contribution in [0.2, 0.25) is 0 Å². The van der Waals surface area contributed by atoms with Gasteiger partial charge in [-0.1, -0.05) is 42.5 Å². The van der Waals surface area contributed by atoms with E-state index in [9.17, 15) is 4.79 Å². The van der Waals surface area contributed by atoms with Gasteiger partial charge in [0.05, 0.1) is 39.0 Å². The molecule has 0 aliphatic carbocycles. The number of fused-ring (bicyclic) bond motifs is 1. The topological polar surface area (TPSA) is 81.5 Å². The fraction of sp³-hybridized carbons (Fsp3) is 0.474. The highest BCUT2D eigenvalue weighted by Crippen LogP contribution is 2.41. The van der Waals surface area contributed by atoms with E-state index in [0.29, 0.717) is 49.1 Å². The standard InChI is InChI=1S/C38H49N5O5.ClH/c1-5-48-25-24-43-32-15-10-9-14-31(32)39-37(43)41-19-11-18-40(22-23-41)20-16-38(30-12-7-6-8-13-30)17-21-42(28-38)36(44)29-26-33(45-2)35(47-4)34(27-29)46-3;/h6-10,12-15,26-27H,5,11,16-25,28H2,1-4H3;1H. The van der Waals surface area contributed by atoms with Gasteiger partial charge in [0.15, 0.2) is 11.5 Å². The Balaban J connectivity index is 0.00000468. The molecule has 0 N–H and O–H groups in total. The van der Waals surface area contributed by atoms with Crippen LogP contribution in [0.1, 0.15) is 42.1 Å². The minimum atomic E-state index is -0.128. The number of carbonyl (C=O) groups is 1. The summed E-state index contributed by atoms with van der Waals surface area (Å²) >= 11 is 0. The van der Waals surface area contributed by atoms with E-state index in [1.54, 1.807) is 33.5 Å². The fourth-order valence-corrected chi connectivity index (χ4v) is 7.40. The smallest absolute Gasteiger partial charge is 0.254 e. The van der Waals surface area contributed by atoms with Crippen LogP contribution in [-0.2, 0) is 16.7 Å². The number of nitrogens with zero attached hydrogens (tertiary/aromatic N) is 5. The SMILES string of the molecule is CCOCCn1c(N2CCCN(CCC3(c4ccccc4)CCN(C(=O)c4cc(OC)c(OC)c(OC)c4)C3)CC2)nc2ccccc21.Cl. The maximum Gasteiger partial charge on any atom is 0.254 e. The molecule has 3 aromatic carbocycles. The summed E-state index contributed by atoms with van der Waals surface area (Å²) in [6.45, 7) is 10.4. The summed E-state index contributed by atoms with van der Waals surface area (Å²) in [5, 5.41) is 0. The highest BCUT2D eigenvalue weighted by atomic mass is 35.5. The van der Waals surface area contributed by atoms with Crippen molar-refractivity contribution in [3.8, 4) is 17.2 Å². The summed E-state index contributed by atoms with van der Waals surface area (Å²) in [7, 11) is 4.71. The lowest BCUT2D eigenvalue weighted by molar-refractivity contribution is 0.0780. The Morgan fingerprint density at radius 3 is 2.31 bits per heavy atom. The third kappa shape index (κ3) is 7.77. The first-order valence-corrected chi connectivity index (χ1v) is 17.2. The molecule has 4 aromatic rings. The van der Waals surface area contributed by atoms with Crippen LogP contribution in [0.15, 0.2) is 66.7 Å². The van der Waals surface area contributed by atoms with Crippen molar-refractivity contribution in [3.63, 3.8) is 0 Å². The number of ether oxygens (including phenoxy) is 4. The van der Waals surface area contributed by atoms with Crippen molar-refractivity contribution in [1.29, 1.82) is 0 Å². The number of hydrogen-bond donors (Lipinski definition) is 0. The van der Waals surface area contributed by atoms with Gasteiger partial charge in [-0.05, 0) is 69.1 Å². The van der Waals surface area contributed by atoms with Crippen molar-refractivity contribution in [3.05, 3.63) is 77.9 Å². The molecule has 6 rings (SSSR count). The molecule has 1 amide bonds. The summed E-state index contributed by atoms with van der Waals surface area (Å²) in [4.78, 5) is 26.1. The van der Waals surface area contributed by atoms with E-state index < -0.39 is 0 Å². The van der Waals surface area contributed by atoms with E-state index in [1.165, 1.54) is 5.56 Å². The number of halogens is 1. The Kier molecular flexibility index (Phi) is 12.3. The molecule has 1 unspecified atom stereocenters. The molecule has 1 aromatic heterocycles. The lowest BCUT2D eigenvalue weighted by Crippen LogP contribution is -2.39. The Morgan fingerprint density at radius 1 is 0.857 bits per heavy atom. The molecular weight excluding hydrogens is 642 g/mol. The van der Waals surface area contributed by atoms with E-state index in [4.69, 9.17) is 23.9 Å². The van der Waals surface area contributed by atoms with E-state index in [-0.39, 0.29) is 23.7 Å². The first kappa shape index (κ1) is 36.3. The third-order valence-electron chi connectivity index (χ3n) is 10.0. The molecule has 264 valence electrons. The molecular formula is C38H50ClN5O5. The van der Waals surface area contributed by atoms with E-state index in [2.05, 4.69) is 69.0 Å². The molecule has 0 bridgehead atoms. The van der Waals surface area contributed by atoms with Gasteiger partial charge in [-0.15, -0.1) is 12.4 Å².